The molecular formula is C18H21N3O. The van der Waals surface area contributed by atoms with Gasteiger partial charge < -0.3 is 10.3 Å². The number of nitrogens with two attached hydrogens (primary N) is 1. The Bertz CT molecular complexity index is 802. The fourth-order valence-electron chi connectivity index (χ4n) is 4.21. The number of aromatic nitrogens is 1. The molecule has 2 heterocycles. The number of primary amides is 1. The molecule has 22 heavy (non-hydrogen) atoms. The SMILES string of the molecule is CN1C[C@@H](CC(N)=O)C=C2c3cccc4c3c(cn4C)C[C@H]21. The van der Waals surface area contributed by atoms with Crippen molar-refractivity contribution in [3.05, 3.63) is 41.6 Å². The van der Waals surface area contributed by atoms with Crippen LogP contribution < -0.4 is 5.73 Å². The molecule has 1 amide bonds. The van der Waals surface area contributed by atoms with Crippen molar-refractivity contribution in [2.24, 2.45) is 18.7 Å². The van der Waals surface area contributed by atoms with Crippen LogP contribution in [-0.2, 0) is 18.3 Å². The number of benzene rings is 1. The second kappa shape index (κ2) is 4.71. The van der Waals surface area contributed by atoms with Gasteiger partial charge in [0.2, 0.25) is 5.91 Å². The highest BCUT2D eigenvalue weighted by Crippen LogP contribution is 2.41. The zero-order valence-corrected chi connectivity index (χ0v) is 13.0. The van der Waals surface area contributed by atoms with Crippen LogP contribution in [0.4, 0.5) is 0 Å². The maximum Gasteiger partial charge on any atom is 0.218 e. The van der Waals surface area contributed by atoms with Gasteiger partial charge in [0.25, 0.3) is 0 Å². The zero-order chi connectivity index (χ0) is 15.4. The van der Waals surface area contributed by atoms with Crippen LogP contribution in [0, 0.1) is 5.92 Å². The van der Waals surface area contributed by atoms with Crippen LogP contribution in [0.3, 0.4) is 0 Å². The largest absolute Gasteiger partial charge is 0.370 e. The molecular weight excluding hydrogens is 274 g/mol. The van der Waals surface area contributed by atoms with Crippen molar-refractivity contribution in [2.45, 2.75) is 18.9 Å². The van der Waals surface area contributed by atoms with Gasteiger partial charge in [-0.3, -0.25) is 9.69 Å². The van der Waals surface area contributed by atoms with E-state index in [1.54, 1.807) is 0 Å². The first-order chi connectivity index (χ1) is 10.5. The Morgan fingerprint density at radius 3 is 2.95 bits per heavy atom. The molecule has 0 unspecified atom stereocenters. The highest BCUT2D eigenvalue weighted by Gasteiger charge is 2.34. The third-order valence-electron chi connectivity index (χ3n) is 5.11. The molecule has 0 saturated heterocycles. The first-order valence-electron chi connectivity index (χ1n) is 7.82. The summed E-state index contributed by atoms with van der Waals surface area (Å²) in [6.45, 7) is 0.898. The third-order valence-corrected chi connectivity index (χ3v) is 5.11. The minimum atomic E-state index is -0.219. The summed E-state index contributed by atoms with van der Waals surface area (Å²) in [5.41, 5.74) is 10.8. The number of likely N-dealkylation sites (N-methyl/N-ethyl adjacent to an activating group) is 1. The second-order valence-electron chi connectivity index (χ2n) is 6.68. The number of hydrogen-bond donors (Lipinski definition) is 1. The number of fused-ring (bicyclic) bond motifs is 2. The third kappa shape index (κ3) is 1.91. The zero-order valence-electron chi connectivity index (χ0n) is 13.0. The lowest BCUT2D eigenvalue weighted by Crippen LogP contribution is -2.43. The monoisotopic (exact) mass is 295 g/mol. The molecule has 2 aromatic rings. The summed E-state index contributed by atoms with van der Waals surface area (Å²) in [6.07, 6.45) is 6.02. The fraction of sp³-hybridized carbons (Fsp3) is 0.389. The van der Waals surface area contributed by atoms with Crippen LogP contribution in [0.5, 0.6) is 0 Å². The molecule has 2 atom stereocenters. The van der Waals surface area contributed by atoms with E-state index in [0.717, 1.165) is 13.0 Å². The molecule has 1 aliphatic heterocycles. The normalized spacial score (nSPS) is 24.2. The Hall–Kier alpha value is -2.07. The highest BCUT2D eigenvalue weighted by molar-refractivity contribution is 5.98. The maximum absolute atomic E-state index is 11.3. The number of amides is 1. The predicted octanol–water partition coefficient (Wildman–Crippen LogP) is 1.92. The van der Waals surface area contributed by atoms with Gasteiger partial charge in [0.05, 0.1) is 0 Å². The van der Waals surface area contributed by atoms with Crippen molar-refractivity contribution in [1.29, 1.82) is 0 Å². The van der Waals surface area contributed by atoms with Crippen LogP contribution in [0.2, 0.25) is 0 Å². The van der Waals surface area contributed by atoms with Gasteiger partial charge in [0, 0.05) is 43.2 Å². The second-order valence-corrected chi connectivity index (χ2v) is 6.68. The number of hydrogen-bond acceptors (Lipinski definition) is 2. The van der Waals surface area contributed by atoms with E-state index in [2.05, 4.69) is 54.0 Å². The van der Waals surface area contributed by atoms with E-state index in [1.165, 1.54) is 27.6 Å². The lowest BCUT2D eigenvalue weighted by molar-refractivity contribution is -0.118. The number of carbonyl (C=O) groups excluding carboxylic acids is 1. The van der Waals surface area contributed by atoms with Gasteiger partial charge in [0.1, 0.15) is 0 Å². The molecule has 2 N–H and O–H groups in total. The van der Waals surface area contributed by atoms with E-state index < -0.39 is 0 Å². The highest BCUT2D eigenvalue weighted by atomic mass is 16.1. The van der Waals surface area contributed by atoms with Crippen molar-refractivity contribution in [2.75, 3.05) is 13.6 Å². The molecule has 0 bridgehead atoms. The van der Waals surface area contributed by atoms with Gasteiger partial charge in [-0.15, -0.1) is 0 Å². The molecule has 4 rings (SSSR count). The van der Waals surface area contributed by atoms with Gasteiger partial charge in [-0.05, 0) is 42.2 Å². The standard InChI is InChI=1S/C18H21N3O/c1-20-9-11(7-17(19)22)6-14-13-4-3-5-15-18(13)12(8-16(14)20)10-21(15)2/h3-6,10-11,16H,7-9H2,1-2H3,(H2,19,22)/t11-,16-/m1/s1. The average molecular weight is 295 g/mol. The molecule has 1 aromatic carbocycles. The topological polar surface area (TPSA) is 51.3 Å². The Kier molecular flexibility index (Phi) is 2.91. The summed E-state index contributed by atoms with van der Waals surface area (Å²) in [7, 11) is 4.26. The van der Waals surface area contributed by atoms with E-state index in [-0.39, 0.29) is 11.8 Å². The van der Waals surface area contributed by atoms with Crippen LogP contribution in [0.15, 0.2) is 30.5 Å². The van der Waals surface area contributed by atoms with Crippen molar-refractivity contribution in [3.63, 3.8) is 0 Å². The van der Waals surface area contributed by atoms with Gasteiger partial charge in [-0.2, -0.15) is 0 Å². The maximum atomic E-state index is 11.3. The van der Waals surface area contributed by atoms with Crippen LogP contribution in [0.25, 0.3) is 16.5 Å². The number of rotatable bonds is 2. The van der Waals surface area contributed by atoms with Crippen molar-refractivity contribution in [1.82, 2.24) is 9.47 Å². The minimum Gasteiger partial charge on any atom is -0.370 e. The fourth-order valence-corrected chi connectivity index (χ4v) is 4.21. The lowest BCUT2D eigenvalue weighted by atomic mass is 9.79. The Balaban J connectivity index is 1.89. The van der Waals surface area contributed by atoms with E-state index in [4.69, 9.17) is 5.73 Å². The van der Waals surface area contributed by atoms with Crippen LogP contribution in [0.1, 0.15) is 17.5 Å². The van der Waals surface area contributed by atoms with Crippen molar-refractivity contribution < 1.29 is 4.79 Å². The summed E-state index contributed by atoms with van der Waals surface area (Å²) in [5.74, 6) is -0.00242. The lowest BCUT2D eigenvalue weighted by Gasteiger charge is -2.39. The summed E-state index contributed by atoms with van der Waals surface area (Å²) in [6, 6.07) is 6.92. The molecule has 1 aromatic heterocycles. The Morgan fingerprint density at radius 1 is 1.36 bits per heavy atom. The molecule has 114 valence electrons. The number of carbonyl (C=O) groups is 1. The first kappa shape index (κ1) is 13.6. The molecule has 2 aliphatic rings. The molecule has 0 fully saturated rings. The smallest absolute Gasteiger partial charge is 0.218 e. The van der Waals surface area contributed by atoms with Crippen molar-refractivity contribution in [3.8, 4) is 0 Å². The Morgan fingerprint density at radius 2 is 2.18 bits per heavy atom. The van der Waals surface area contributed by atoms with E-state index in [1.807, 2.05) is 0 Å². The molecule has 0 radical (unpaired) electrons. The Labute approximate surface area is 130 Å². The molecule has 0 saturated carbocycles. The molecule has 4 nitrogen and oxygen atoms in total. The van der Waals surface area contributed by atoms with Gasteiger partial charge in [0.15, 0.2) is 0 Å². The van der Waals surface area contributed by atoms with Crippen LogP contribution >= 0.6 is 0 Å². The number of nitrogens with zero attached hydrogens (tertiary/aromatic N) is 2. The molecule has 0 spiro atoms. The predicted molar refractivity (Wildman–Crippen MR) is 88.3 cm³/mol. The van der Waals surface area contributed by atoms with Gasteiger partial charge in [-0.1, -0.05) is 18.2 Å². The summed E-state index contributed by atoms with van der Waals surface area (Å²) < 4.78 is 2.22. The van der Waals surface area contributed by atoms with E-state index in [0.29, 0.717) is 12.5 Å². The van der Waals surface area contributed by atoms with E-state index in [9.17, 15) is 4.79 Å². The van der Waals surface area contributed by atoms with Gasteiger partial charge in [-0.25, -0.2) is 0 Å². The summed E-state index contributed by atoms with van der Waals surface area (Å²) >= 11 is 0. The summed E-state index contributed by atoms with van der Waals surface area (Å²) in [4.78, 5) is 13.7. The van der Waals surface area contributed by atoms with Crippen LogP contribution in [-0.4, -0.2) is 35.0 Å². The van der Waals surface area contributed by atoms with E-state index >= 15 is 0 Å². The molecule has 1 aliphatic carbocycles. The quantitative estimate of drug-likeness (QED) is 0.920. The van der Waals surface area contributed by atoms with Crippen molar-refractivity contribution >= 4 is 22.4 Å². The first-order valence-corrected chi connectivity index (χ1v) is 7.82. The average Bonchev–Trinajstić information content (AvgIpc) is 2.78. The molecule has 4 heteroatoms. The van der Waals surface area contributed by atoms with Gasteiger partial charge >= 0.3 is 0 Å². The summed E-state index contributed by atoms with van der Waals surface area (Å²) in [5, 5.41) is 1.38. The minimum absolute atomic E-state index is 0.217. The number of aryl methyl sites for hydroxylation is 1.